The van der Waals surface area contributed by atoms with Crippen molar-refractivity contribution in [3.8, 4) is 0 Å². The first-order valence-electron chi connectivity index (χ1n) is 5.69. The van der Waals surface area contributed by atoms with Crippen LogP contribution in [-0.2, 0) is 0 Å². The van der Waals surface area contributed by atoms with Gasteiger partial charge < -0.3 is 0 Å². The van der Waals surface area contributed by atoms with E-state index < -0.39 is 0 Å². The fraction of sp³-hybridized carbons (Fsp3) is 0.583. The van der Waals surface area contributed by atoms with Crippen molar-refractivity contribution in [3.63, 3.8) is 0 Å². The molecule has 4 heteroatoms. The van der Waals surface area contributed by atoms with E-state index in [9.17, 15) is 4.79 Å². The summed E-state index contributed by atoms with van der Waals surface area (Å²) in [6.07, 6.45) is 0. The Balaban J connectivity index is 2.58. The number of rotatable bonds is 7. The summed E-state index contributed by atoms with van der Waals surface area (Å²) in [5, 5.41) is 0. The average Bonchev–Trinajstić information content (AvgIpc) is 2.74. The zero-order valence-corrected chi connectivity index (χ0v) is 11.8. The second-order valence-corrected chi connectivity index (χ2v) is 6.08. The number of ketones is 1. The third kappa shape index (κ3) is 3.92. The van der Waals surface area contributed by atoms with Crippen molar-refractivity contribution in [3.05, 3.63) is 17.0 Å². The molecule has 2 nitrogen and oxygen atoms in total. The van der Waals surface area contributed by atoms with E-state index in [0.717, 1.165) is 23.7 Å². The van der Waals surface area contributed by atoms with E-state index in [1.165, 1.54) is 4.21 Å². The highest BCUT2D eigenvalue weighted by atomic mass is 32.2. The molecule has 0 aliphatic rings. The average molecular weight is 257 g/mol. The molecule has 0 saturated carbocycles. The van der Waals surface area contributed by atoms with Gasteiger partial charge in [-0.1, -0.05) is 20.8 Å². The molecule has 0 aliphatic carbocycles. The molecule has 0 radical (unpaired) electrons. The van der Waals surface area contributed by atoms with E-state index in [2.05, 4.69) is 25.7 Å². The van der Waals surface area contributed by atoms with Gasteiger partial charge in [0.15, 0.2) is 5.78 Å². The molecule has 1 aromatic rings. The van der Waals surface area contributed by atoms with E-state index in [4.69, 9.17) is 0 Å². The maximum atomic E-state index is 11.9. The first-order chi connectivity index (χ1) is 7.71. The van der Waals surface area contributed by atoms with Gasteiger partial charge in [0.25, 0.3) is 0 Å². The summed E-state index contributed by atoms with van der Waals surface area (Å²) in [4.78, 5) is 15.0. The van der Waals surface area contributed by atoms with Crippen LogP contribution in [-0.4, -0.2) is 36.1 Å². The minimum Gasteiger partial charge on any atom is -0.296 e. The predicted molar refractivity (Wildman–Crippen MR) is 72.8 cm³/mol. The number of likely N-dealkylation sites (N-methyl/N-ethyl adjacent to an activating group) is 1. The molecule has 0 amide bonds. The van der Waals surface area contributed by atoms with E-state index in [0.29, 0.717) is 6.54 Å². The van der Waals surface area contributed by atoms with Gasteiger partial charge in [-0.3, -0.25) is 9.69 Å². The Morgan fingerprint density at radius 3 is 2.56 bits per heavy atom. The number of Topliss-reactive ketones (excluding diaryl/α,β-unsaturated/α-hetero) is 1. The summed E-state index contributed by atoms with van der Waals surface area (Å²) in [6.45, 7) is 8.72. The van der Waals surface area contributed by atoms with Crippen LogP contribution < -0.4 is 0 Å². The minimum absolute atomic E-state index is 0.247. The summed E-state index contributed by atoms with van der Waals surface area (Å²) in [5.41, 5.74) is 0. The molecule has 0 aliphatic heterocycles. The van der Waals surface area contributed by atoms with Gasteiger partial charge in [-0.25, -0.2) is 0 Å². The Bertz CT molecular complexity index is 332. The van der Waals surface area contributed by atoms with Gasteiger partial charge in [-0.05, 0) is 31.0 Å². The normalized spacial score (nSPS) is 11.0. The monoisotopic (exact) mass is 257 g/mol. The van der Waals surface area contributed by atoms with Crippen LogP contribution in [0.4, 0.5) is 0 Å². The summed E-state index contributed by atoms with van der Waals surface area (Å²) in [6, 6.07) is 4.00. The lowest BCUT2D eigenvalue weighted by atomic mass is 10.3. The fourth-order valence-electron chi connectivity index (χ4n) is 1.42. The molecule has 90 valence electrons. The van der Waals surface area contributed by atoms with Crippen molar-refractivity contribution in [2.24, 2.45) is 0 Å². The molecule has 0 unspecified atom stereocenters. The molecule has 0 saturated heterocycles. The Hall–Kier alpha value is -0.320. The molecule has 0 aromatic carbocycles. The highest BCUT2D eigenvalue weighted by Crippen LogP contribution is 2.27. The number of hydrogen-bond donors (Lipinski definition) is 0. The molecular weight excluding hydrogens is 238 g/mol. The first kappa shape index (κ1) is 13.7. The van der Waals surface area contributed by atoms with Gasteiger partial charge in [-0.2, -0.15) is 0 Å². The maximum Gasteiger partial charge on any atom is 0.186 e. The van der Waals surface area contributed by atoms with E-state index in [1.807, 2.05) is 12.1 Å². The quantitative estimate of drug-likeness (QED) is 0.551. The van der Waals surface area contributed by atoms with Gasteiger partial charge in [-0.15, -0.1) is 23.1 Å². The number of nitrogens with zero attached hydrogens (tertiary/aromatic N) is 1. The van der Waals surface area contributed by atoms with Crippen LogP contribution in [0, 0.1) is 0 Å². The largest absolute Gasteiger partial charge is 0.296 e. The van der Waals surface area contributed by atoms with Crippen LogP contribution in [0.5, 0.6) is 0 Å². The van der Waals surface area contributed by atoms with Gasteiger partial charge in [0.2, 0.25) is 0 Å². The van der Waals surface area contributed by atoms with E-state index in [-0.39, 0.29) is 5.78 Å². The standard InChI is InChI=1S/C12H19NOS2/c1-4-13(5-2)9-10(14)11-7-8-12(16-11)15-6-3/h7-8H,4-6,9H2,1-3H3. The van der Waals surface area contributed by atoms with Crippen molar-refractivity contribution in [1.82, 2.24) is 4.90 Å². The van der Waals surface area contributed by atoms with Crippen LogP contribution in [0.15, 0.2) is 16.3 Å². The molecule has 0 fully saturated rings. The third-order valence-corrected chi connectivity index (χ3v) is 4.64. The van der Waals surface area contributed by atoms with Crippen molar-refractivity contribution in [1.29, 1.82) is 0 Å². The lowest BCUT2D eigenvalue weighted by molar-refractivity contribution is 0.0941. The zero-order chi connectivity index (χ0) is 12.0. The SMILES string of the molecule is CCSc1ccc(C(=O)CN(CC)CC)s1. The third-order valence-electron chi connectivity index (χ3n) is 2.40. The Kier molecular flexibility index (Phi) is 6.09. The number of thiophene rings is 1. The number of thioether (sulfide) groups is 1. The summed E-state index contributed by atoms with van der Waals surface area (Å²) in [7, 11) is 0. The smallest absolute Gasteiger partial charge is 0.186 e. The van der Waals surface area contributed by atoms with E-state index in [1.54, 1.807) is 23.1 Å². The molecule has 1 heterocycles. The van der Waals surface area contributed by atoms with Crippen LogP contribution in [0.1, 0.15) is 30.4 Å². The second kappa shape index (κ2) is 7.09. The van der Waals surface area contributed by atoms with E-state index >= 15 is 0 Å². The highest BCUT2D eigenvalue weighted by Gasteiger charge is 2.12. The molecular formula is C12H19NOS2. The Labute approximate surface area is 106 Å². The van der Waals surface area contributed by atoms with Crippen molar-refractivity contribution >= 4 is 28.9 Å². The Morgan fingerprint density at radius 2 is 2.00 bits per heavy atom. The predicted octanol–water partition coefficient (Wildman–Crippen LogP) is 3.38. The lowest BCUT2D eigenvalue weighted by Gasteiger charge is -2.15. The summed E-state index contributed by atoms with van der Waals surface area (Å²) in [5.74, 6) is 1.31. The first-order valence-corrected chi connectivity index (χ1v) is 7.49. The van der Waals surface area contributed by atoms with Gasteiger partial charge >= 0.3 is 0 Å². The zero-order valence-electron chi connectivity index (χ0n) is 10.2. The van der Waals surface area contributed by atoms with Crippen LogP contribution in [0.3, 0.4) is 0 Å². The molecule has 1 aromatic heterocycles. The summed E-state index contributed by atoms with van der Waals surface area (Å²) < 4.78 is 1.24. The fourth-order valence-corrected chi connectivity index (χ4v) is 3.39. The molecule has 16 heavy (non-hydrogen) atoms. The number of carbonyl (C=O) groups is 1. The number of hydrogen-bond acceptors (Lipinski definition) is 4. The molecule has 0 atom stereocenters. The molecule has 0 bridgehead atoms. The highest BCUT2D eigenvalue weighted by molar-refractivity contribution is 8.01. The van der Waals surface area contributed by atoms with Crippen LogP contribution >= 0.6 is 23.1 Å². The van der Waals surface area contributed by atoms with Crippen molar-refractivity contribution < 1.29 is 4.79 Å². The van der Waals surface area contributed by atoms with Crippen LogP contribution in [0.25, 0.3) is 0 Å². The maximum absolute atomic E-state index is 11.9. The van der Waals surface area contributed by atoms with Gasteiger partial charge in [0.1, 0.15) is 0 Å². The molecule has 0 spiro atoms. The van der Waals surface area contributed by atoms with Crippen LogP contribution in [0.2, 0.25) is 0 Å². The Morgan fingerprint density at radius 1 is 1.31 bits per heavy atom. The van der Waals surface area contributed by atoms with Gasteiger partial charge in [0.05, 0.1) is 15.6 Å². The minimum atomic E-state index is 0.247. The molecule has 0 N–H and O–H groups in total. The number of carbonyl (C=O) groups excluding carboxylic acids is 1. The summed E-state index contributed by atoms with van der Waals surface area (Å²) >= 11 is 3.41. The van der Waals surface area contributed by atoms with Gasteiger partial charge in [0, 0.05) is 0 Å². The topological polar surface area (TPSA) is 20.3 Å². The van der Waals surface area contributed by atoms with Crippen molar-refractivity contribution in [2.75, 3.05) is 25.4 Å². The lowest BCUT2D eigenvalue weighted by Crippen LogP contribution is -2.29. The second-order valence-electron chi connectivity index (χ2n) is 3.44. The molecule has 1 rings (SSSR count). The van der Waals surface area contributed by atoms with Crippen molar-refractivity contribution in [2.45, 2.75) is 25.0 Å².